The molecule has 7 heteroatoms. The molecular weight excluding hydrogens is 348 g/mol. The highest BCUT2D eigenvalue weighted by molar-refractivity contribution is 7.12. The topological polar surface area (TPSA) is 67.2 Å². The van der Waals surface area contributed by atoms with Gasteiger partial charge in [-0.15, -0.1) is 11.3 Å². The van der Waals surface area contributed by atoms with E-state index < -0.39 is 0 Å². The molecule has 0 radical (unpaired) electrons. The summed E-state index contributed by atoms with van der Waals surface area (Å²) >= 11 is 1.40. The summed E-state index contributed by atoms with van der Waals surface area (Å²) in [6, 6.07) is 11.4. The lowest BCUT2D eigenvalue weighted by Gasteiger charge is -2.17. The molecule has 4 rings (SSSR count). The van der Waals surface area contributed by atoms with E-state index in [-0.39, 0.29) is 18.4 Å². The number of hydrogen-bond acceptors (Lipinski definition) is 4. The van der Waals surface area contributed by atoms with Gasteiger partial charge in [0.25, 0.3) is 5.91 Å². The first-order valence-electron chi connectivity index (χ1n) is 8.76. The average molecular weight is 368 g/mol. The van der Waals surface area contributed by atoms with Crippen LogP contribution in [0.5, 0.6) is 0 Å². The van der Waals surface area contributed by atoms with E-state index in [1.807, 2.05) is 45.2 Å². The summed E-state index contributed by atoms with van der Waals surface area (Å²) < 4.78 is 1.92. The molecule has 134 valence electrons. The fourth-order valence-electron chi connectivity index (χ4n) is 3.29. The average Bonchev–Trinajstić information content (AvgIpc) is 3.40. The SMILES string of the molecule is O=C(NCc1nc2ccccc2n1CC(=O)N1CCCC1)c1cccs1. The Balaban J connectivity index is 1.57. The maximum Gasteiger partial charge on any atom is 0.261 e. The zero-order valence-electron chi connectivity index (χ0n) is 14.4. The molecule has 26 heavy (non-hydrogen) atoms. The van der Waals surface area contributed by atoms with Gasteiger partial charge in [0, 0.05) is 13.1 Å². The zero-order chi connectivity index (χ0) is 17.9. The van der Waals surface area contributed by atoms with E-state index in [1.54, 1.807) is 6.07 Å². The smallest absolute Gasteiger partial charge is 0.261 e. The maximum atomic E-state index is 12.6. The van der Waals surface area contributed by atoms with E-state index in [1.165, 1.54) is 11.3 Å². The lowest BCUT2D eigenvalue weighted by molar-refractivity contribution is -0.130. The van der Waals surface area contributed by atoms with Crippen molar-refractivity contribution in [3.05, 3.63) is 52.5 Å². The monoisotopic (exact) mass is 368 g/mol. The second-order valence-electron chi connectivity index (χ2n) is 6.35. The highest BCUT2D eigenvalue weighted by Crippen LogP contribution is 2.18. The van der Waals surface area contributed by atoms with Crippen molar-refractivity contribution in [2.24, 2.45) is 0 Å². The van der Waals surface area contributed by atoms with Crippen LogP contribution in [-0.4, -0.2) is 39.4 Å². The molecule has 1 aliphatic rings. The number of imidazole rings is 1. The lowest BCUT2D eigenvalue weighted by Crippen LogP contribution is -2.32. The van der Waals surface area contributed by atoms with Crippen LogP contribution >= 0.6 is 11.3 Å². The van der Waals surface area contributed by atoms with Gasteiger partial charge in [-0.05, 0) is 36.4 Å². The van der Waals surface area contributed by atoms with Crippen LogP contribution in [0.3, 0.4) is 0 Å². The Morgan fingerprint density at radius 3 is 2.69 bits per heavy atom. The molecular formula is C19H20N4O2S. The zero-order valence-corrected chi connectivity index (χ0v) is 15.2. The van der Waals surface area contributed by atoms with Gasteiger partial charge in [0.2, 0.25) is 5.91 Å². The second-order valence-corrected chi connectivity index (χ2v) is 7.30. The minimum absolute atomic E-state index is 0.108. The number of rotatable bonds is 5. The van der Waals surface area contributed by atoms with Gasteiger partial charge >= 0.3 is 0 Å². The van der Waals surface area contributed by atoms with Crippen molar-refractivity contribution >= 4 is 34.2 Å². The van der Waals surface area contributed by atoms with Gasteiger partial charge in [-0.1, -0.05) is 18.2 Å². The van der Waals surface area contributed by atoms with Crippen LogP contribution in [0.15, 0.2) is 41.8 Å². The Morgan fingerprint density at radius 1 is 1.12 bits per heavy atom. The van der Waals surface area contributed by atoms with E-state index in [9.17, 15) is 9.59 Å². The minimum Gasteiger partial charge on any atom is -0.344 e. The Kier molecular flexibility index (Phi) is 4.71. The summed E-state index contributed by atoms with van der Waals surface area (Å²) in [5, 5.41) is 4.78. The molecule has 3 aromatic rings. The molecule has 0 spiro atoms. The van der Waals surface area contributed by atoms with E-state index in [4.69, 9.17) is 0 Å². The summed E-state index contributed by atoms with van der Waals surface area (Å²) in [6.07, 6.45) is 2.14. The highest BCUT2D eigenvalue weighted by Gasteiger charge is 2.21. The predicted molar refractivity (Wildman–Crippen MR) is 101 cm³/mol. The number of likely N-dealkylation sites (tertiary alicyclic amines) is 1. The van der Waals surface area contributed by atoms with Crippen molar-refractivity contribution in [2.75, 3.05) is 13.1 Å². The number of carbonyl (C=O) groups excluding carboxylic acids is 2. The van der Waals surface area contributed by atoms with Crippen molar-refractivity contribution in [2.45, 2.75) is 25.9 Å². The van der Waals surface area contributed by atoms with Crippen LogP contribution in [0.1, 0.15) is 28.3 Å². The molecule has 1 aliphatic heterocycles. The number of para-hydroxylation sites is 2. The van der Waals surface area contributed by atoms with Gasteiger partial charge in [-0.3, -0.25) is 9.59 Å². The Labute approximate surface area is 155 Å². The summed E-state index contributed by atoms with van der Waals surface area (Å²) in [4.78, 5) is 32.0. The second kappa shape index (κ2) is 7.29. The summed E-state index contributed by atoms with van der Waals surface area (Å²) in [5.41, 5.74) is 1.75. The molecule has 3 heterocycles. The third kappa shape index (κ3) is 3.35. The van der Waals surface area contributed by atoms with Gasteiger partial charge in [0.1, 0.15) is 12.4 Å². The number of carbonyl (C=O) groups is 2. The molecule has 2 amide bonds. The van der Waals surface area contributed by atoms with Crippen molar-refractivity contribution in [1.29, 1.82) is 0 Å². The van der Waals surface area contributed by atoms with Gasteiger partial charge < -0.3 is 14.8 Å². The fraction of sp³-hybridized carbons (Fsp3) is 0.316. The standard InChI is InChI=1S/C19H20N4O2S/c24-18(22-9-3-4-10-22)13-23-15-7-2-1-6-14(15)21-17(23)12-20-19(25)16-8-5-11-26-16/h1-2,5-8,11H,3-4,9-10,12-13H2,(H,20,25). The van der Waals surface area contributed by atoms with Crippen molar-refractivity contribution < 1.29 is 9.59 Å². The number of nitrogens with one attached hydrogen (secondary N) is 1. The molecule has 1 saturated heterocycles. The summed E-state index contributed by atoms with van der Waals surface area (Å²) in [6.45, 7) is 2.20. The van der Waals surface area contributed by atoms with Crippen molar-refractivity contribution in [3.8, 4) is 0 Å². The van der Waals surface area contributed by atoms with Crippen LogP contribution in [0.2, 0.25) is 0 Å². The van der Waals surface area contributed by atoms with Crippen LogP contribution in [0.4, 0.5) is 0 Å². The van der Waals surface area contributed by atoms with Gasteiger partial charge in [0.15, 0.2) is 0 Å². The summed E-state index contributed by atoms with van der Waals surface area (Å²) in [5.74, 6) is 0.685. The quantitative estimate of drug-likeness (QED) is 0.753. The van der Waals surface area contributed by atoms with E-state index in [0.29, 0.717) is 17.2 Å². The van der Waals surface area contributed by atoms with Gasteiger partial charge in [0.05, 0.1) is 22.5 Å². The van der Waals surface area contributed by atoms with E-state index in [0.717, 1.165) is 37.0 Å². The lowest BCUT2D eigenvalue weighted by atomic mass is 10.3. The van der Waals surface area contributed by atoms with Crippen molar-refractivity contribution in [3.63, 3.8) is 0 Å². The third-order valence-corrected chi connectivity index (χ3v) is 5.51. The normalized spacial score (nSPS) is 14.1. The molecule has 0 unspecified atom stereocenters. The fourth-order valence-corrected chi connectivity index (χ4v) is 3.93. The molecule has 6 nitrogen and oxygen atoms in total. The number of amides is 2. The molecule has 1 fully saturated rings. The Morgan fingerprint density at radius 2 is 1.92 bits per heavy atom. The molecule has 0 saturated carbocycles. The third-order valence-electron chi connectivity index (χ3n) is 4.64. The van der Waals surface area contributed by atoms with Crippen LogP contribution in [0, 0.1) is 0 Å². The van der Waals surface area contributed by atoms with Crippen LogP contribution in [0.25, 0.3) is 11.0 Å². The predicted octanol–water partition coefficient (Wildman–Crippen LogP) is 2.65. The van der Waals surface area contributed by atoms with Crippen LogP contribution in [-0.2, 0) is 17.9 Å². The molecule has 0 bridgehead atoms. The first kappa shape index (κ1) is 16.8. The van der Waals surface area contributed by atoms with Crippen molar-refractivity contribution in [1.82, 2.24) is 19.8 Å². The van der Waals surface area contributed by atoms with E-state index >= 15 is 0 Å². The number of nitrogens with zero attached hydrogens (tertiary/aromatic N) is 3. The minimum atomic E-state index is -0.121. The maximum absolute atomic E-state index is 12.6. The molecule has 0 aliphatic carbocycles. The molecule has 1 N–H and O–H groups in total. The number of hydrogen-bond donors (Lipinski definition) is 1. The van der Waals surface area contributed by atoms with Gasteiger partial charge in [-0.25, -0.2) is 4.98 Å². The molecule has 1 aromatic carbocycles. The first-order chi connectivity index (χ1) is 12.7. The van der Waals surface area contributed by atoms with E-state index in [2.05, 4.69) is 10.3 Å². The number of fused-ring (bicyclic) bond motifs is 1. The molecule has 0 atom stereocenters. The first-order valence-corrected chi connectivity index (χ1v) is 9.64. The number of aromatic nitrogens is 2. The summed E-state index contributed by atoms with van der Waals surface area (Å²) in [7, 11) is 0. The van der Waals surface area contributed by atoms with Crippen LogP contribution < -0.4 is 5.32 Å². The molecule has 2 aromatic heterocycles. The highest BCUT2D eigenvalue weighted by atomic mass is 32.1. The number of benzene rings is 1. The largest absolute Gasteiger partial charge is 0.344 e. The Bertz CT molecular complexity index is 926. The van der Waals surface area contributed by atoms with Gasteiger partial charge in [-0.2, -0.15) is 0 Å². The number of thiophene rings is 1. The Hall–Kier alpha value is -2.67.